The van der Waals surface area contributed by atoms with Gasteiger partial charge in [-0.15, -0.1) is 0 Å². The molecule has 3 aromatic rings. The SMILES string of the molecule is CC1=Nc2c(Nc3ccc([C@H]4CCCCO4)cc3S(C)(=O)=O)cc(Cc3cnc(C)c(C)n3)nc2C1. The van der Waals surface area contributed by atoms with Crippen LogP contribution in [0, 0.1) is 13.8 Å². The summed E-state index contributed by atoms with van der Waals surface area (Å²) in [5.41, 5.74) is 8.19. The van der Waals surface area contributed by atoms with Crippen molar-refractivity contribution in [1.82, 2.24) is 15.0 Å². The maximum absolute atomic E-state index is 12.8. The first-order valence-electron chi connectivity index (χ1n) is 12.3. The summed E-state index contributed by atoms with van der Waals surface area (Å²) < 4.78 is 31.5. The van der Waals surface area contributed by atoms with Gasteiger partial charge in [0, 0.05) is 43.3 Å². The van der Waals surface area contributed by atoms with Crippen LogP contribution in [0.2, 0.25) is 0 Å². The van der Waals surface area contributed by atoms with Gasteiger partial charge in [-0.25, -0.2) is 8.42 Å². The number of nitrogens with one attached hydrogen (secondary N) is 1. The predicted molar refractivity (Wildman–Crippen MR) is 140 cm³/mol. The van der Waals surface area contributed by atoms with Gasteiger partial charge in [0.15, 0.2) is 9.84 Å². The summed E-state index contributed by atoms with van der Waals surface area (Å²) in [7, 11) is -3.49. The van der Waals surface area contributed by atoms with Gasteiger partial charge in [0.1, 0.15) is 5.69 Å². The van der Waals surface area contributed by atoms with Gasteiger partial charge in [0.05, 0.1) is 45.1 Å². The average Bonchev–Trinajstić information content (AvgIpc) is 3.22. The minimum atomic E-state index is -3.49. The maximum Gasteiger partial charge on any atom is 0.177 e. The molecule has 1 atom stereocenters. The van der Waals surface area contributed by atoms with Gasteiger partial charge in [0.2, 0.25) is 0 Å². The highest BCUT2D eigenvalue weighted by molar-refractivity contribution is 7.90. The van der Waals surface area contributed by atoms with Crippen molar-refractivity contribution >= 4 is 32.6 Å². The normalized spacial score (nSPS) is 17.6. The summed E-state index contributed by atoms with van der Waals surface area (Å²) in [4.78, 5) is 18.9. The molecule has 2 aromatic heterocycles. The molecule has 1 N–H and O–H groups in total. The molecule has 1 aromatic carbocycles. The maximum atomic E-state index is 12.8. The van der Waals surface area contributed by atoms with Gasteiger partial charge >= 0.3 is 0 Å². The second-order valence-corrected chi connectivity index (χ2v) is 11.7. The zero-order chi connectivity index (χ0) is 25.4. The highest BCUT2D eigenvalue weighted by atomic mass is 32.2. The molecule has 0 amide bonds. The number of fused-ring (bicyclic) bond motifs is 1. The smallest absolute Gasteiger partial charge is 0.177 e. The number of hydrogen-bond donors (Lipinski definition) is 1. The Hall–Kier alpha value is -3.17. The van der Waals surface area contributed by atoms with E-state index in [0.29, 0.717) is 25.1 Å². The third kappa shape index (κ3) is 5.17. The fourth-order valence-corrected chi connectivity index (χ4v) is 5.58. The van der Waals surface area contributed by atoms with Crippen molar-refractivity contribution in [3.05, 3.63) is 64.5 Å². The number of pyridine rings is 1. The second kappa shape index (κ2) is 9.71. The summed E-state index contributed by atoms with van der Waals surface area (Å²) in [6, 6.07) is 7.46. The molecule has 9 heteroatoms. The van der Waals surface area contributed by atoms with Crippen molar-refractivity contribution in [2.45, 2.75) is 63.9 Å². The molecule has 1 saturated heterocycles. The topological polar surface area (TPSA) is 106 Å². The number of aromatic nitrogens is 3. The van der Waals surface area contributed by atoms with Gasteiger partial charge < -0.3 is 10.1 Å². The zero-order valence-corrected chi connectivity index (χ0v) is 21.9. The number of ether oxygens (including phenoxy) is 1. The first kappa shape index (κ1) is 24.5. The van der Waals surface area contributed by atoms with E-state index < -0.39 is 9.84 Å². The van der Waals surface area contributed by atoms with E-state index in [4.69, 9.17) is 14.7 Å². The van der Waals surface area contributed by atoms with Crippen LogP contribution in [0.25, 0.3) is 0 Å². The first-order chi connectivity index (χ1) is 17.2. The molecule has 1 fully saturated rings. The predicted octanol–water partition coefficient (Wildman–Crippen LogP) is 5.12. The summed E-state index contributed by atoms with van der Waals surface area (Å²) in [5.74, 6) is 0. The molecule has 0 radical (unpaired) electrons. The molecule has 0 unspecified atom stereocenters. The molecular formula is C27H31N5O3S. The third-order valence-electron chi connectivity index (χ3n) is 6.67. The molecule has 8 nitrogen and oxygen atoms in total. The fraction of sp³-hybridized carbons (Fsp3) is 0.407. The monoisotopic (exact) mass is 505 g/mol. The average molecular weight is 506 g/mol. The molecule has 4 heterocycles. The summed E-state index contributed by atoms with van der Waals surface area (Å²) in [6.07, 6.45) is 7.13. The van der Waals surface area contributed by atoms with Crippen molar-refractivity contribution in [1.29, 1.82) is 0 Å². The van der Waals surface area contributed by atoms with Crippen LogP contribution in [0.5, 0.6) is 0 Å². The van der Waals surface area contributed by atoms with Crippen LogP contribution >= 0.6 is 0 Å². The van der Waals surface area contributed by atoms with E-state index in [1.165, 1.54) is 6.26 Å². The lowest BCUT2D eigenvalue weighted by atomic mass is 10.0. The van der Waals surface area contributed by atoms with Crippen molar-refractivity contribution in [3.8, 4) is 0 Å². The second-order valence-electron chi connectivity index (χ2n) is 9.70. The van der Waals surface area contributed by atoms with E-state index >= 15 is 0 Å². The van der Waals surface area contributed by atoms with Crippen LogP contribution in [-0.4, -0.2) is 41.9 Å². The molecule has 0 saturated carbocycles. The number of rotatable bonds is 6. The van der Waals surface area contributed by atoms with Crippen molar-refractivity contribution in [2.24, 2.45) is 4.99 Å². The van der Waals surface area contributed by atoms with Gasteiger partial charge in [-0.3, -0.25) is 19.9 Å². The van der Waals surface area contributed by atoms with Gasteiger partial charge in [0.25, 0.3) is 0 Å². The lowest BCUT2D eigenvalue weighted by molar-refractivity contribution is 0.0148. The Labute approximate surface area is 212 Å². The molecule has 0 aliphatic carbocycles. The summed E-state index contributed by atoms with van der Waals surface area (Å²) in [6.45, 7) is 6.56. The van der Waals surface area contributed by atoms with Gasteiger partial charge in [-0.2, -0.15) is 0 Å². The zero-order valence-electron chi connectivity index (χ0n) is 21.1. The lowest BCUT2D eigenvalue weighted by Crippen LogP contribution is -2.13. The van der Waals surface area contributed by atoms with Crippen molar-refractivity contribution < 1.29 is 13.2 Å². The molecule has 188 valence electrons. The van der Waals surface area contributed by atoms with Crippen LogP contribution in [0.1, 0.15) is 66.3 Å². The van der Waals surface area contributed by atoms with Crippen molar-refractivity contribution in [3.63, 3.8) is 0 Å². The highest BCUT2D eigenvalue weighted by Gasteiger charge is 2.23. The first-order valence-corrected chi connectivity index (χ1v) is 14.2. The van der Waals surface area contributed by atoms with E-state index in [1.54, 1.807) is 12.3 Å². The molecule has 0 bridgehead atoms. The van der Waals surface area contributed by atoms with Crippen LogP contribution in [0.4, 0.5) is 17.1 Å². The van der Waals surface area contributed by atoms with E-state index in [2.05, 4.69) is 15.3 Å². The van der Waals surface area contributed by atoms with E-state index in [0.717, 1.165) is 70.4 Å². The number of aliphatic imine (C=N–C) groups is 1. The number of nitrogens with zero attached hydrogens (tertiary/aromatic N) is 4. The fourth-order valence-electron chi connectivity index (χ4n) is 4.71. The Morgan fingerprint density at radius 1 is 1.03 bits per heavy atom. The minimum Gasteiger partial charge on any atom is -0.374 e. The Morgan fingerprint density at radius 2 is 1.86 bits per heavy atom. The van der Waals surface area contributed by atoms with Crippen LogP contribution in [0.3, 0.4) is 0 Å². The molecular weight excluding hydrogens is 474 g/mol. The summed E-state index contributed by atoms with van der Waals surface area (Å²) in [5, 5.41) is 3.37. The molecule has 5 rings (SSSR count). The Balaban J connectivity index is 1.52. The standard InChI is InChI=1S/C27H31N5O3S/c1-16-11-23-27(29-16)24(14-20(31-23)13-21-15-28-17(2)18(3)30-21)32-22-9-8-19(12-26(22)36(4,33)34)25-7-5-6-10-35-25/h8-9,12,14-15,25H,5-7,10-11,13H2,1-4H3,(H,31,32)/t25-/m1/s1. The van der Waals surface area contributed by atoms with E-state index in [9.17, 15) is 8.42 Å². The molecule has 36 heavy (non-hydrogen) atoms. The van der Waals surface area contributed by atoms with Crippen LogP contribution in [0.15, 0.2) is 40.4 Å². The number of aryl methyl sites for hydroxylation is 2. The van der Waals surface area contributed by atoms with Crippen LogP contribution in [-0.2, 0) is 27.4 Å². The summed E-state index contributed by atoms with van der Waals surface area (Å²) >= 11 is 0. The Bertz CT molecular complexity index is 1460. The van der Waals surface area contributed by atoms with E-state index in [-0.39, 0.29) is 11.0 Å². The lowest BCUT2D eigenvalue weighted by Gasteiger charge is -2.24. The third-order valence-corrected chi connectivity index (χ3v) is 7.81. The molecule has 2 aliphatic rings. The highest BCUT2D eigenvalue weighted by Crippen LogP contribution is 2.39. The molecule has 2 aliphatic heterocycles. The number of anilines is 2. The van der Waals surface area contributed by atoms with E-state index in [1.807, 2.05) is 39.0 Å². The van der Waals surface area contributed by atoms with Crippen molar-refractivity contribution in [2.75, 3.05) is 18.2 Å². The number of sulfone groups is 1. The van der Waals surface area contributed by atoms with Gasteiger partial charge in [-0.05, 0) is 63.8 Å². The quantitative estimate of drug-likeness (QED) is 0.496. The largest absolute Gasteiger partial charge is 0.374 e. The molecule has 0 spiro atoms. The minimum absolute atomic E-state index is 0.0728. The Morgan fingerprint density at radius 3 is 2.58 bits per heavy atom. The number of benzene rings is 1. The van der Waals surface area contributed by atoms with Gasteiger partial charge in [-0.1, -0.05) is 6.07 Å². The Kier molecular flexibility index (Phi) is 6.61. The number of hydrogen-bond acceptors (Lipinski definition) is 8. The van der Waals surface area contributed by atoms with Crippen LogP contribution < -0.4 is 5.32 Å².